The lowest BCUT2D eigenvalue weighted by molar-refractivity contribution is -0.102. The number of aldehydes is 1. The normalized spacial score (nSPS) is 9.50. The van der Waals surface area contributed by atoms with E-state index in [0.717, 1.165) is 0 Å². The first-order valence-corrected chi connectivity index (χ1v) is 2.09. The van der Waals surface area contributed by atoms with Gasteiger partial charge in [-0.3, -0.25) is 9.79 Å². The summed E-state index contributed by atoms with van der Waals surface area (Å²) in [5.41, 5.74) is 0. The van der Waals surface area contributed by atoms with Crippen LogP contribution in [0.3, 0.4) is 0 Å². The van der Waals surface area contributed by atoms with Crippen molar-refractivity contribution in [2.24, 2.45) is 4.99 Å². The highest BCUT2D eigenvalue weighted by Gasteiger charge is 1.58. The quantitative estimate of drug-likeness (QED) is 0.301. The molecule has 34 valence electrons. The molecule has 0 aromatic rings. The lowest BCUT2D eigenvalue weighted by Gasteiger charge is -1.67. The third-order valence-corrected chi connectivity index (χ3v) is 0.411. The third kappa shape index (κ3) is 3.69. The van der Waals surface area contributed by atoms with Gasteiger partial charge in [0.05, 0.1) is 12.1 Å². The van der Waals surface area contributed by atoms with Crippen LogP contribution < -0.4 is 0 Å². The topological polar surface area (TPSA) is 29.4 Å². The zero-order valence-corrected chi connectivity index (χ0v) is 4.06. The van der Waals surface area contributed by atoms with E-state index in [1.165, 1.54) is 6.21 Å². The second-order valence-electron chi connectivity index (χ2n) is 0.609. The van der Waals surface area contributed by atoms with Gasteiger partial charge in [-0.2, -0.15) is 12.6 Å². The molecule has 0 saturated carbocycles. The molecule has 0 rings (SSSR count). The van der Waals surface area contributed by atoms with Gasteiger partial charge in [-0.05, 0) is 0 Å². The molecule has 0 radical (unpaired) electrons. The van der Waals surface area contributed by atoms with E-state index in [4.69, 9.17) is 0 Å². The zero-order chi connectivity index (χ0) is 4.83. The molecule has 0 unspecified atom stereocenters. The van der Waals surface area contributed by atoms with E-state index in [2.05, 4.69) is 17.6 Å². The molecule has 0 bridgehead atoms. The van der Waals surface area contributed by atoms with Gasteiger partial charge in [-0.15, -0.1) is 0 Å². The van der Waals surface area contributed by atoms with Crippen molar-refractivity contribution < 1.29 is 4.79 Å². The van der Waals surface area contributed by atoms with E-state index in [9.17, 15) is 4.79 Å². The van der Waals surface area contributed by atoms with E-state index >= 15 is 0 Å². The first-order chi connectivity index (χ1) is 2.91. The average molecular weight is 103 g/mol. The zero-order valence-electron chi connectivity index (χ0n) is 3.16. The summed E-state index contributed by atoms with van der Waals surface area (Å²) >= 11 is 3.70. The Kier molecular flexibility index (Phi) is 4.45. The summed E-state index contributed by atoms with van der Waals surface area (Å²) in [6, 6.07) is 0. The third-order valence-electron chi connectivity index (χ3n) is 0.248. The standard InChI is InChI=1S/C3H5NOS/c5-2-1-4-3-6/h1-2,6H,3H2/b4-1+. The minimum absolute atomic E-state index is 0.388. The van der Waals surface area contributed by atoms with Crippen LogP contribution in [0, 0.1) is 0 Å². The lowest BCUT2D eigenvalue weighted by atomic mass is 10.9. The minimum atomic E-state index is 0.388. The molecule has 0 aliphatic rings. The first kappa shape index (κ1) is 5.69. The van der Waals surface area contributed by atoms with Crippen LogP contribution in [-0.2, 0) is 4.79 Å². The highest BCUT2D eigenvalue weighted by Crippen LogP contribution is 1.67. The van der Waals surface area contributed by atoms with Crippen LogP contribution in [0.25, 0.3) is 0 Å². The van der Waals surface area contributed by atoms with Gasteiger partial charge in [0, 0.05) is 0 Å². The molecule has 0 atom stereocenters. The molecule has 6 heavy (non-hydrogen) atoms. The van der Waals surface area contributed by atoms with Crippen molar-refractivity contribution in [1.82, 2.24) is 0 Å². The lowest BCUT2D eigenvalue weighted by Crippen LogP contribution is -1.70. The first-order valence-electron chi connectivity index (χ1n) is 1.46. The van der Waals surface area contributed by atoms with Gasteiger partial charge >= 0.3 is 0 Å². The van der Waals surface area contributed by atoms with Crippen LogP contribution in [0.4, 0.5) is 0 Å². The van der Waals surface area contributed by atoms with Crippen molar-refractivity contribution >= 4 is 25.1 Å². The van der Waals surface area contributed by atoms with Crippen molar-refractivity contribution in [3.63, 3.8) is 0 Å². The van der Waals surface area contributed by atoms with E-state index in [0.29, 0.717) is 12.2 Å². The van der Waals surface area contributed by atoms with E-state index in [1.54, 1.807) is 0 Å². The van der Waals surface area contributed by atoms with Gasteiger partial charge in [0.1, 0.15) is 0 Å². The molecule has 0 spiro atoms. The highest BCUT2D eigenvalue weighted by atomic mass is 32.1. The van der Waals surface area contributed by atoms with Gasteiger partial charge < -0.3 is 0 Å². The SMILES string of the molecule is O=C/C=N/CS. The molecule has 2 nitrogen and oxygen atoms in total. The fourth-order valence-corrected chi connectivity index (χ4v) is 0.184. The smallest absolute Gasteiger partial charge is 0.160 e. The second kappa shape index (κ2) is 4.69. The monoisotopic (exact) mass is 103 g/mol. The Bertz CT molecular complexity index is 61.8. The molecule has 0 fully saturated rings. The van der Waals surface area contributed by atoms with Crippen molar-refractivity contribution in [2.75, 3.05) is 5.88 Å². The van der Waals surface area contributed by atoms with Gasteiger partial charge in [0.2, 0.25) is 0 Å². The highest BCUT2D eigenvalue weighted by molar-refractivity contribution is 7.80. The maximum Gasteiger partial charge on any atom is 0.160 e. The molecule has 0 N–H and O–H groups in total. The van der Waals surface area contributed by atoms with Crippen LogP contribution in [-0.4, -0.2) is 18.4 Å². The maximum atomic E-state index is 9.38. The van der Waals surface area contributed by atoms with Crippen LogP contribution in [0.1, 0.15) is 0 Å². The second-order valence-corrected chi connectivity index (χ2v) is 0.892. The molecule has 0 aliphatic carbocycles. The van der Waals surface area contributed by atoms with E-state index in [1.807, 2.05) is 0 Å². The predicted octanol–water partition coefficient (Wildman–Crippen LogP) is 0.143. The van der Waals surface area contributed by atoms with Crippen molar-refractivity contribution in [3.8, 4) is 0 Å². The number of nitrogens with zero attached hydrogens (tertiary/aromatic N) is 1. The van der Waals surface area contributed by atoms with Crippen LogP contribution >= 0.6 is 12.6 Å². The molecular weight excluding hydrogens is 98.1 g/mol. The van der Waals surface area contributed by atoms with Crippen molar-refractivity contribution in [3.05, 3.63) is 0 Å². The molecule has 0 saturated heterocycles. The Morgan fingerprint density at radius 1 is 1.83 bits per heavy atom. The molecule has 0 amide bonds. The summed E-state index contributed by atoms with van der Waals surface area (Å²) in [5, 5.41) is 0. The molecule has 3 heteroatoms. The molecule has 0 aliphatic heterocycles. The van der Waals surface area contributed by atoms with Crippen molar-refractivity contribution in [1.29, 1.82) is 0 Å². The Morgan fingerprint density at radius 2 is 2.50 bits per heavy atom. The largest absolute Gasteiger partial charge is 0.297 e. The summed E-state index contributed by atoms with van der Waals surface area (Å²) in [6.45, 7) is 0. The van der Waals surface area contributed by atoms with Crippen molar-refractivity contribution in [2.45, 2.75) is 0 Å². The van der Waals surface area contributed by atoms with Gasteiger partial charge in [-0.1, -0.05) is 0 Å². The predicted molar refractivity (Wildman–Crippen MR) is 28.4 cm³/mol. The molecule has 0 aromatic carbocycles. The fourth-order valence-electron chi connectivity index (χ4n) is 0.0902. The van der Waals surface area contributed by atoms with Gasteiger partial charge in [0.25, 0.3) is 0 Å². The van der Waals surface area contributed by atoms with Crippen LogP contribution in [0.2, 0.25) is 0 Å². The van der Waals surface area contributed by atoms with Gasteiger partial charge in [-0.25, -0.2) is 0 Å². The number of hydrogen-bond acceptors (Lipinski definition) is 3. The number of carbonyl (C=O) groups is 1. The molecule has 0 heterocycles. The van der Waals surface area contributed by atoms with Crippen LogP contribution in [0.5, 0.6) is 0 Å². The number of aliphatic imine (C=N–C) groups is 1. The number of thiol groups is 1. The summed E-state index contributed by atoms with van der Waals surface area (Å²) in [7, 11) is 0. The number of carbonyl (C=O) groups excluding carboxylic acids is 1. The fraction of sp³-hybridized carbons (Fsp3) is 0.333. The van der Waals surface area contributed by atoms with E-state index < -0.39 is 0 Å². The van der Waals surface area contributed by atoms with Crippen LogP contribution in [0.15, 0.2) is 4.99 Å². The maximum absolute atomic E-state index is 9.38. The Hall–Kier alpha value is -0.310. The number of hydrogen-bond donors (Lipinski definition) is 1. The summed E-state index contributed by atoms with van der Waals surface area (Å²) in [4.78, 5) is 12.8. The Balaban J connectivity index is 2.94. The Morgan fingerprint density at radius 3 is 2.67 bits per heavy atom. The molecule has 0 aromatic heterocycles. The van der Waals surface area contributed by atoms with Gasteiger partial charge in [0.15, 0.2) is 6.29 Å². The molecular formula is C3H5NOS. The summed E-state index contributed by atoms with van der Waals surface area (Å²) < 4.78 is 0. The summed E-state index contributed by atoms with van der Waals surface area (Å²) in [6.07, 6.45) is 1.79. The average Bonchev–Trinajstić information content (AvgIpc) is 1.61. The number of rotatable bonds is 2. The minimum Gasteiger partial charge on any atom is -0.297 e. The van der Waals surface area contributed by atoms with E-state index in [-0.39, 0.29) is 0 Å². The Labute approximate surface area is 41.7 Å². The summed E-state index contributed by atoms with van der Waals surface area (Å²) in [5.74, 6) is 0.388.